The molecule has 2 heterocycles. The number of aromatic nitrogens is 2. The number of carbonyl (C=O) groups is 1. The maximum absolute atomic E-state index is 12.0. The molecule has 1 aromatic heterocycles. The van der Waals surface area contributed by atoms with Gasteiger partial charge in [-0.15, -0.1) is 0 Å². The van der Waals surface area contributed by atoms with Gasteiger partial charge in [-0.05, 0) is 18.4 Å². The van der Waals surface area contributed by atoms with Crippen molar-refractivity contribution in [1.29, 1.82) is 0 Å². The third kappa shape index (κ3) is 2.13. The van der Waals surface area contributed by atoms with Gasteiger partial charge in [-0.1, -0.05) is 13.3 Å². The van der Waals surface area contributed by atoms with Crippen molar-refractivity contribution >= 4 is 5.91 Å². The smallest absolute Gasteiger partial charge is 0.274 e. The highest BCUT2D eigenvalue weighted by atomic mass is 16.2. The number of nitrogens with zero attached hydrogens (tertiary/aromatic N) is 2. The van der Waals surface area contributed by atoms with Crippen LogP contribution in [0.25, 0.3) is 0 Å². The molecule has 0 aromatic carbocycles. The summed E-state index contributed by atoms with van der Waals surface area (Å²) < 4.78 is 0. The van der Waals surface area contributed by atoms with E-state index < -0.39 is 0 Å². The van der Waals surface area contributed by atoms with Gasteiger partial charge in [0.05, 0.1) is 0 Å². The van der Waals surface area contributed by atoms with E-state index in [0.717, 1.165) is 25.9 Å². The molecule has 1 aliphatic rings. The number of aromatic amines is 1. The van der Waals surface area contributed by atoms with E-state index in [-0.39, 0.29) is 11.5 Å². The quantitative estimate of drug-likeness (QED) is 0.797. The van der Waals surface area contributed by atoms with Crippen LogP contribution < -0.4 is 5.56 Å². The van der Waals surface area contributed by atoms with Gasteiger partial charge in [-0.25, -0.2) is 5.10 Å². The Kier molecular flexibility index (Phi) is 3.03. The van der Waals surface area contributed by atoms with Gasteiger partial charge in [-0.2, -0.15) is 5.10 Å². The average molecular weight is 221 g/mol. The molecule has 1 N–H and O–H groups in total. The standard InChI is InChI=1S/C11H15N3O2/c1-2-8-5-6-14(7-8)11(16)9-3-4-10(15)13-12-9/h3-4,8H,2,5-7H2,1H3,(H,13,15). The molecule has 1 aliphatic heterocycles. The first-order valence-corrected chi connectivity index (χ1v) is 5.55. The summed E-state index contributed by atoms with van der Waals surface area (Å²) in [4.78, 5) is 24.6. The lowest BCUT2D eigenvalue weighted by Gasteiger charge is -2.15. The summed E-state index contributed by atoms with van der Waals surface area (Å²) in [5.41, 5.74) is 0.0285. The summed E-state index contributed by atoms with van der Waals surface area (Å²) in [5.74, 6) is 0.513. The van der Waals surface area contributed by atoms with Crippen LogP contribution in [0.4, 0.5) is 0 Å². The Hall–Kier alpha value is -1.65. The van der Waals surface area contributed by atoms with Gasteiger partial charge in [0, 0.05) is 19.2 Å². The Morgan fingerprint density at radius 2 is 2.44 bits per heavy atom. The third-order valence-electron chi connectivity index (χ3n) is 3.05. The van der Waals surface area contributed by atoms with E-state index in [9.17, 15) is 9.59 Å². The second-order valence-corrected chi connectivity index (χ2v) is 4.12. The first-order chi connectivity index (χ1) is 7.70. The molecule has 0 saturated carbocycles. The van der Waals surface area contributed by atoms with Gasteiger partial charge in [0.15, 0.2) is 0 Å². The SMILES string of the molecule is CCC1CCN(C(=O)c2ccc(=O)[nH]n2)C1. The molecule has 1 saturated heterocycles. The second-order valence-electron chi connectivity index (χ2n) is 4.12. The van der Waals surface area contributed by atoms with Gasteiger partial charge in [0.2, 0.25) is 0 Å². The van der Waals surface area contributed by atoms with Crippen LogP contribution in [0.3, 0.4) is 0 Å². The lowest BCUT2D eigenvalue weighted by Crippen LogP contribution is -2.30. The third-order valence-corrected chi connectivity index (χ3v) is 3.05. The average Bonchev–Trinajstić information content (AvgIpc) is 2.77. The van der Waals surface area contributed by atoms with Crippen LogP contribution in [-0.2, 0) is 0 Å². The van der Waals surface area contributed by atoms with Crippen LogP contribution in [0.1, 0.15) is 30.3 Å². The molecule has 16 heavy (non-hydrogen) atoms. The van der Waals surface area contributed by atoms with Crippen molar-refractivity contribution in [3.8, 4) is 0 Å². The van der Waals surface area contributed by atoms with Crippen LogP contribution in [0.5, 0.6) is 0 Å². The topological polar surface area (TPSA) is 66.1 Å². The molecule has 1 aromatic rings. The number of hydrogen-bond acceptors (Lipinski definition) is 3. The summed E-state index contributed by atoms with van der Waals surface area (Å²) in [6.45, 7) is 3.73. The fourth-order valence-corrected chi connectivity index (χ4v) is 1.98. The largest absolute Gasteiger partial charge is 0.337 e. The van der Waals surface area contributed by atoms with Crippen molar-refractivity contribution in [2.45, 2.75) is 19.8 Å². The van der Waals surface area contributed by atoms with Gasteiger partial charge < -0.3 is 4.90 Å². The van der Waals surface area contributed by atoms with Crippen molar-refractivity contribution < 1.29 is 4.79 Å². The highest BCUT2D eigenvalue weighted by molar-refractivity contribution is 5.92. The number of likely N-dealkylation sites (tertiary alicyclic amines) is 1. The van der Waals surface area contributed by atoms with E-state index in [0.29, 0.717) is 11.6 Å². The molecule has 5 nitrogen and oxygen atoms in total. The summed E-state index contributed by atoms with van der Waals surface area (Å²) in [5, 5.41) is 6.02. The maximum atomic E-state index is 12.0. The molecule has 0 aliphatic carbocycles. The number of hydrogen-bond donors (Lipinski definition) is 1. The molecule has 5 heteroatoms. The van der Waals surface area contributed by atoms with E-state index >= 15 is 0 Å². The molecule has 0 radical (unpaired) electrons. The van der Waals surface area contributed by atoms with Crippen LogP contribution >= 0.6 is 0 Å². The first-order valence-electron chi connectivity index (χ1n) is 5.55. The molecule has 2 rings (SSSR count). The Morgan fingerprint density at radius 1 is 1.62 bits per heavy atom. The Morgan fingerprint density at radius 3 is 3.00 bits per heavy atom. The molecule has 1 fully saturated rings. The van der Waals surface area contributed by atoms with Crippen LogP contribution in [-0.4, -0.2) is 34.1 Å². The van der Waals surface area contributed by atoms with Gasteiger partial charge >= 0.3 is 0 Å². The fraction of sp³-hybridized carbons (Fsp3) is 0.545. The molecule has 86 valence electrons. The zero-order valence-electron chi connectivity index (χ0n) is 9.27. The number of carbonyl (C=O) groups excluding carboxylic acids is 1. The lowest BCUT2D eigenvalue weighted by atomic mass is 10.1. The minimum absolute atomic E-state index is 0.0906. The monoisotopic (exact) mass is 221 g/mol. The Balaban J connectivity index is 2.08. The lowest BCUT2D eigenvalue weighted by molar-refractivity contribution is 0.0780. The predicted molar refractivity (Wildman–Crippen MR) is 59.2 cm³/mol. The fourth-order valence-electron chi connectivity index (χ4n) is 1.98. The Labute approximate surface area is 93.5 Å². The molecule has 1 unspecified atom stereocenters. The summed E-state index contributed by atoms with van der Waals surface area (Å²) in [6.07, 6.45) is 2.16. The number of H-pyrrole nitrogens is 1. The minimum Gasteiger partial charge on any atom is -0.337 e. The number of amides is 1. The van der Waals surface area contributed by atoms with E-state index in [1.165, 1.54) is 12.1 Å². The molecular weight excluding hydrogens is 206 g/mol. The first kappa shape index (κ1) is 10.9. The van der Waals surface area contributed by atoms with Crippen molar-refractivity contribution in [3.05, 3.63) is 28.2 Å². The zero-order valence-corrected chi connectivity index (χ0v) is 9.27. The highest BCUT2D eigenvalue weighted by Gasteiger charge is 2.26. The predicted octanol–water partition coefficient (Wildman–Crippen LogP) is 0.642. The molecular formula is C11H15N3O2. The van der Waals surface area contributed by atoms with Gasteiger partial charge in [-0.3, -0.25) is 9.59 Å². The van der Waals surface area contributed by atoms with E-state index in [1.807, 2.05) is 0 Å². The molecule has 1 atom stereocenters. The van der Waals surface area contributed by atoms with Crippen molar-refractivity contribution in [2.75, 3.05) is 13.1 Å². The van der Waals surface area contributed by atoms with Gasteiger partial charge in [0.25, 0.3) is 11.5 Å². The van der Waals surface area contributed by atoms with Crippen molar-refractivity contribution in [3.63, 3.8) is 0 Å². The summed E-state index contributed by atoms with van der Waals surface area (Å²) in [6, 6.07) is 2.80. The zero-order chi connectivity index (χ0) is 11.5. The molecule has 0 bridgehead atoms. The second kappa shape index (κ2) is 4.47. The van der Waals surface area contributed by atoms with Crippen LogP contribution in [0.15, 0.2) is 16.9 Å². The maximum Gasteiger partial charge on any atom is 0.274 e. The number of nitrogens with one attached hydrogen (secondary N) is 1. The highest BCUT2D eigenvalue weighted by Crippen LogP contribution is 2.20. The minimum atomic E-state index is -0.288. The van der Waals surface area contributed by atoms with E-state index in [2.05, 4.69) is 17.1 Å². The van der Waals surface area contributed by atoms with Crippen LogP contribution in [0, 0.1) is 5.92 Å². The van der Waals surface area contributed by atoms with Crippen molar-refractivity contribution in [1.82, 2.24) is 15.1 Å². The Bertz CT molecular complexity index is 421. The normalized spacial score (nSPS) is 20.1. The van der Waals surface area contributed by atoms with Crippen molar-refractivity contribution in [2.24, 2.45) is 5.92 Å². The molecule has 0 spiro atoms. The summed E-state index contributed by atoms with van der Waals surface area (Å²) >= 11 is 0. The summed E-state index contributed by atoms with van der Waals surface area (Å²) in [7, 11) is 0. The number of rotatable bonds is 2. The van der Waals surface area contributed by atoms with Crippen LogP contribution in [0.2, 0.25) is 0 Å². The van der Waals surface area contributed by atoms with E-state index in [1.54, 1.807) is 4.90 Å². The van der Waals surface area contributed by atoms with Gasteiger partial charge in [0.1, 0.15) is 5.69 Å². The molecule has 1 amide bonds. The van der Waals surface area contributed by atoms with E-state index in [4.69, 9.17) is 0 Å².